The molecule has 2 N–H and O–H groups in total. The molecule has 1 aliphatic rings. The van der Waals surface area contributed by atoms with Crippen LogP contribution in [0.1, 0.15) is 16.0 Å². The van der Waals surface area contributed by atoms with Gasteiger partial charge in [0.15, 0.2) is 11.5 Å². The number of amides is 1. The van der Waals surface area contributed by atoms with Gasteiger partial charge >= 0.3 is 0 Å². The standard InChI is InChI=1S/C21H18N2O2S/c1-14-4-6-15(7-5-14)13-23-18-9-8-16(22)11-19(18)25-20(21(23)24)12-17-3-2-10-26-17/h2-12H,13,22H2,1H3/b20-12+. The lowest BCUT2D eigenvalue weighted by Gasteiger charge is -2.30. The summed E-state index contributed by atoms with van der Waals surface area (Å²) in [7, 11) is 0. The van der Waals surface area contributed by atoms with Gasteiger partial charge in [0, 0.05) is 22.7 Å². The van der Waals surface area contributed by atoms with E-state index in [4.69, 9.17) is 10.5 Å². The average Bonchev–Trinajstić information content (AvgIpc) is 3.13. The predicted octanol–water partition coefficient (Wildman–Crippen LogP) is 4.61. The Kier molecular flexibility index (Phi) is 4.22. The van der Waals surface area contributed by atoms with Gasteiger partial charge in [0.25, 0.3) is 5.91 Å². The van der Waals surface area contributed by atoms with Crippen molar-refractivity contribution in [2.45, 2.75) is 13.5 Å². The molecule has 0 unspecified atom stereocenters. The molecule has 130 valence electrons. The van der Waals surface area contributed by atoms with Gasteiger partial charge in [0.1, 0.15) is 0 Å². The van der Waals surface area contributed by atoms with E-state index in [0.717, 1.165) is 16.1 Å². The van der Waals surface area contributed by atoms with Crippen LogP contribution in [0.4, 0.5) is 11.4 Å². The summed E-state index contributed by atoms with van der Waals surface area (Å²) in [5, 5.41) is 1.97. The molecule has 26 heavy (non-hydrogen) atoms. The fourth-order valence-corrected chi connectivity index (χ4v) is 3.51. The molecule has 5 heteroatoms. The predicted molar refractivity (Wildman–Crippen MR) is 106 cm³/mol. The molecule has 4 rings (SSSR count). The second-order valence-electron chi connectivity index (χ2n) is 6.23. The zero-order chi connectivity index (χ0) is 18.1. The van der Waals surface area contributed by atoms with Gasteiger partial charge < -0.3 is 10.5 Å². The third kappa shape index (κ3) is 3.21. The molecule has 0 fully saturated rings. The molecule has 3 aromatic rings. The number of nitrogens with zero attached hydrogens (tertiary/aromatic N) is 1. The average molecular weight is 362 g/mol. The van der Waals surface area contributed by atoms with E-state index in [1.54, 1.807) is 34.4 Å². The van der Waals surface area contributed by atoms with Gasteiger partial charge in [0.2, 0.25) is 0 Å². The van der Waals surface area contributed by atoms with Gasteiger partial charge in [-0.15, -0.1) is 11.3 Å². The SMILES string of the molecule is Cc1ccc(CN2C(=O)/C(=C\c3cccs3)Oc3cc(N)ccc32)cc1. The molecule has 2 aromatic carbocycles. The van der Waals surface area contributed by atoms with Crippen LogP contribution < -0.4 is 15.4 Å². The van der Waals surface area contributed by atoms with Crippen molar-refractivity contribution in [1.82, 2.24) is 0 Å². The molecule has 0 saturated heterocycles. The van der Waals surface area contributed by atoms with E-state index in [1.807, 2.05) is 54.8 Å². The van der Waals surface area contributed by atoms with E-state index in [2.05, 4.69) is 0 Å². The number of carbonyl (C=O) groups excluding carboxylic acids is 1. The highest BCUT2D eigenvalue weighted by Crippen LogP contribution is 2.38. The van der Waals surface area contributed by atoms with Crippen LogP contribution >= 0.6 is 11.3 Å². The quantitative estimate of drug-likeness (QED) is 0.547. The van der Waals surface area contributed by atoms with Crippen LogP contribution in [0, 0.1) is 6.92 Å². The number of thiophene rings is 1. The van der Waals surface area contributed by atoms with Crippen LogP contribution in [-0.4, -0.2) is 5.91 Å². The maximum absolute atomic E-state index is 13.1. The smallest absolute Gasteiger partial charge is 0.294 e. The van der Waals surface area contributed by atoms with Crippen molar-refractivity contribution in [3.05, 3.63) is 81.7 Å². The number of nitrogens with two attached hydrogens (primary N) is 1. The van der Waals surface area contributed by atoms with Gasteiger partial charge in [-0.3, -0.25) is 9.69 Å². The molecule has 1 amide bonds. The van der Waals surface area contributed by atoms with E-state index in [9.17, 15) is 4.79 Å². The highest BCUT2D eigenvalue weighted by Gasteiger charge is 2.30. The summed E-state index contributed by atoms with van der Waals surface area (Å²) in [5.74, 6) is 0.744. The van der Waals surface area contributed by atoms with Crippen LogP contribution in [0.2, 0.25) is 0 Å². The largest absolute Gasteiger partial charge is 0.449 e. The molecular weight excluding hydrogens is 344 g/mol. The van der Waals surface area contributed by atoms with Crippen LogP contribution in [0.5, 0.6) is 5.75 Å². The minimum atomic E-state index is -0.156. The minimum absolute atomic E-state index is 0.156. The molecule has 0 aliphatic carbocycles. The Bertz CT molecular complexity index is 976. The monoisotopic (exact) mass is 362 g/mol. The zero-order valence-electron chi connectivity index (χ0n) is 14.3. The summed E-state index contributed by atoms with van der Waals surface area (Å²) in [6, 6.07) is 17.4. The van der Waals surface area contributed by atoms with Crippen molar-refractivity contribution in [2.24, 2.45) is 0 Å². The lowest BCUT2D eigenvalue weighted by Crippen LogP contribution is -2.36. The summed E-state index contributed by atoms with van der Waals surface area (Å²) in [4.78, 5) is 15.8. The lowest BCUT2D eigenvalue weighted by molar-refractivity contribution is -0.117. The second-order valence-corrected chi connectivity index (χ2v) is 7.21. The molecule has 0 saturated carbocycles. The number of fused-ring (bicyclic) bond motifs is 1. The maximum Gasteiger partial charge on any atom is 0.294 e. The van der Waals surface area contributed by atoms with E-state index < -0.39 is 0 Å². The van der Waals surface area contributed by atoms with Gasteiger partial charge in [0.05, 0.1) is 12.2 Å². The molecule has 0 spiro atoms. The van der Waals surface area contributed by atoms with Crippen molar-refractivity contribution in [3.63, 3.8) is 0 Å². The highest BCUT2D eigenvalue weighted by molar-refractivity contribution is 7.10. The Morgan fingerprint density at radius 2 is 1.96 bits per heavy atom. The van der Waals surface area contributed by atoms with Crippen molar-refractivity contribution in [2.75, 3.05) is 10.6 Å². The minimum Gasteiger partial charge on any atom is -0.449 e. The molecular formula is C21H18N2O2S. The number of rotatable bonds is 3. The lowest BCUT2D eigenvalue weighted by atomic mass is 10.1. The van der Waals surface area contributed by atoms with E-state index in [-0.39, 0.29) is 5.91 Å². The molecule has 1 aliphatic heterocycles. The summed E-state index contributed by atoms with van der Waals surface area (Å²) >= 11 is 1.56. The Hall–Kier alpha value is -3.05. The fraction of sp³-hybridized carbons (Fsp3) is 0.0952. The number of nitrogen functional groups attached to an aromatic ring is 1. The molecule has 2 heterocycles. The first kappa shape index (κ1) is 16.4. The van der Waals surface area contributed by atoms with E-state index in [0.29, 0.717) is 23.7 Å². The number of anilines is 2. The van der Waals surface area contributed by atoms with Crippen molar-refractivity contribution in [1.29, 1.82) is 0 Å². The van der Waals surface area contributed by atoms with Crippen molar-refractivity contribution in [3.8, 4) is 5.75 Å². The Labute approximate surface area is 156 Å². The summed E-state index contributed by atoms with van der Waals surface area (Å²) in [5.41, 5.74) is 9.49. The topological polar surface area (TPSA) is 55.6 Å². The van der Waals surface area contributed by atoms with Gasteiger partial charge in [-0.2, -0.15) is 0 Å². The first-order valence-electron chi connectivity index (χ1n) is 8.30. The summed E-state index contributed by atoms with van der Waals surface area (Å²) in [6.45, 7) is 2.52. The van der Waals surface area contributed by atoms with Crippen LogP contribution in [0.15, 0.2) is 65.7 Å². The maximum atomic E-state index is 13.1. The normalized spacial score (nSPS) is 15.0. The van der Waals surface area contributed by atoms with Crippen LogP contribution in [0.3, 0.4) is 0 Å². The number of hydrogen-bond donors (Lipinski definition) is 1. The van der Waals surface area contributed by atoms with Gasteiger partial charge in [-0.25, -0.2) is 0 Å². The molecule has 0 atom stereocenters. The van der Waals surface area contributed by atoms with Crippen molar-refractivity contribution < 1.29 is 9.53 Å². The van der Waals surface area contributed by atoms with E-state index >= 15 is 0 Å². The van der Waals surface area contributed by atoms with Crippen molar-refractivity contribution >= 4 is 34.7 Å². The fourth-order valence-electron chi connectivity index (χ4n) is 2.87. The second kappa shape index (κ2) is 6.69. The number of benzene rings is 2. The molecule has 0 bridgehead atoms. The molecule has 4 nitrogen and oxygen atoms in total. The number of hydrogen-bond acceptors (Lipinski definition) is 4. The zero-order valence-corrected chi connectivity index (χ0v) is 15.1. The summed E-state index contributed by atoms with van der Waals surface area (Å²) in [6.07, 6.45) is 1.78. The number of carbonyl (C=O) groups is 1. The Balaban J connectivity index is 1.75. The third-order valence-electron chi connectivity index (χ3n) is 4.23. The van der Waals surface area contributed by atoms with Crippen LogP contribution in [0.25, 0.3) is 6.08 Å². The number of ether oxygens (including phenoxy) is 1. The number of aryl methyl sites for hydroxylation is 1. The van der Waals surface area contributed by atoms with Gasteiger partial charge in [-0.1, -0.05) is 35.9 Å². The molecule has 0 radical (unpaired) electrons. The summed E-state index contributed by atoms with van der Waals surface area (Å²) < 4.78 is 5.88. The molecule has 1 aromatic heterocycles. The Morgan fingerprint density at radius 3 is 2.69 bits per heavy atom. The Morgan fingerprint density at radius 1 is 1.15 bits per heavy atom. The first-order valence-corrected chi connectivity index (χ1v) is 9.18. The van der Waals surface area contributed by atoms with Crippen LogP contribution in [-0.2, 0) is 11.3 Å². The highest BCUT2D eigenvalue weighted by atomic mass is 32.1. The third-order valence-corrected chi connectivity index (χ3v) is 5.05. The van der Waals surface area contributed by atoms with E-state index in [1.165, 1.54) is 5.56 Å². The van der Waals surface area contributed by atoms with Gasteiger partial charge in [-0.05, 0) is 36.1 Å². The first-order chi connectivity index (χ1) is 12.6.